The number of non-ortho nitro benzene ring substituents is 1. The van der Waals surface area contributed by atoms with Crippen LogP contribution in [-0.4, -0.2) is 31.8 Å². The summed E-state index contributed by atoms with van der Waals surface area (Å²) in [7, 11) is 0. The Morgan fingerprint density at radius 3 is 2.50 bits per heavy atom. The van der Waals surface area contributed by atoms with Crippen LogP contribution in [0.15, 0.2) is 53.1 Å². The molecule has 128 valence electrons. The summed E-state index contributed by atoms with van der Waals surface area (Å²) in [5, 5.41) is 14.7. The van der Waals surface area contributed by atoms with Crippen LogP contribution in [0.4, 0.5) is 5.69 Å². The molecule has 26 heavy (non-hydrogen) atoms. The lowest BCUT2D eigenvalue weighted by molar-refractivity contribution is -0.384. The highest BCUT2D eigenvalue weighted by molar-refractivity contribution is 6.21. The van der Waals surface area contributed by atoms with Crippen molar-refractivity contribution in [2.45, 2.75) is 6.54 Å². The van der Waals surface area contributed by atoms with E-state index in [2.05, 4.69) is 10.1 Å². The first-order valence-electron chi connectivity index (χ1n) is 7.57. The van der Waals surface area contributed by atoms with Crippen LogP contribution in [0.3, 0.4) is 0 Å². The summed E-state index contributed by atoms with van der Waals surface area (Å²) >= 11 is 0. The van der Waals surface area contributed by atoms with Crippen molar-refractivity contribution in [2.75, 3.05) is 0 Å². The van der Waals surface area contributed by atoms with E-state index in [1.165, 1.54) is 12.1 Å². The van der Waals surface area contributed by atoms with E-state index in [1.54, 1.807) is 12.1 Å². The standard InChI is InChI=1S/C17H10N4O5/c22-16-12-7-6-11(21(24)25)8-13(12)17(23)20(16)9-14-18-15(19-26-14)10-4-2-1-3-5-10/h1-8H,9H2. The summed E-state index contributed by atoms with van der Waals surface area (Å²) in [5.41, 5.74) is 0.590. The summed E-state index contributed by atoms with van der Waals surface area (Å²) < 4.78 is 5.12. The Hall–Kier alpha value is -3.88. The molecule has 1 aliphatic rings. The van der Waals surface area contributed by atoms with E-state index in [4.69, 9.17) is 4.52 Å². The number of carbonyl (C=O) groups is 2. The molecule has 1 aliphatic heterocycles. The maximum atomic E-state index is 12.5. The van der Waals surface area contributed by atoms with Crippen LogP contribution in [0.5, 0.6) is 0 Å². The zero-order valence-electron chi connectivity index (χ0n) is 13.2. The number of imide groups is 1. The van der Waals surface area contributed by atoms with Crippen LogP contribution >= 0.6 is 0 Å². The maximum absolute atomic E-state index is 12.5. The zero-order chi connectivity index (χ0) is 18.3. The number of nitro groups is 1. The van der Waals surface area contributed by atoms with Crippen molar-refractivity contribution in [2.24, 2.45) is 0 Å². The molecule has 0 bridgehead atoms. The predicted molar refractivity (Wildman–Crippen MR) is 87.0 cm³/mol. The van der Waals surface area contributed by atoms with Crippen LogP contribution in [0.2, 0.25) is 0 Å². The Morgan fingerprint density at radius 1 is 1.04 bits per heavy atom. The number of aromatic nitrogens is 2. The summed E-state index contributed by atoms with van der Waals surface area (Å²) in [5.74, 6) is -0.756. The molecule has 0 atom stereocenters. The third-order valence-corrected chi connectivity index (χ3v) is 3.96. The molecule has 0 fully saturated rings. The normalized spacial score (nSPS) is 13.2. The molecule has 0 aliphatic carbocycles. The minimum absolute atomic E-state index is 0.00741. The smallest absolute Gasteiger partial charge is 0.270 e. The van der Waals surface area contributed by atoms with E-state index in [9.17, 15) is 19.7 Å². The number of amides is 2. The van der Waals surface area contributed by atoms with E-state index in [0.29, 0.717) is 5.82 Å². The highest BCUT2D eigenvalue weighted by Gasteiger charge is 2.37. The van der Waals surface area contributed by atoms with Crippen molar-refractivity contribution in [3.63, 3.8) is 0 Å². The van der Waals surface area contributed by atoms with Gasteiger partial charge in [-0.2, -0.15) is 4.98 Å². The van der Waals surface area contributed by atoms with E-state index < -0.39 is 16.7 Å². The third-order valence-electron chi connectivity index (χ3n) is 3.96. The quantitative estimate of drug-likeness (QED) is 0.402. The molecule has 2 heterocycles. The van der Waals surface area contributed by atoms with Crippen molar-refractivity contribution in [1.82, 2.24) is 15.0 Å². The van der Waals surface area contributed by atoms with E-state index >= 15 is 0 Å². The Bertz CT molecular complexity index is 1040. The van der Waals surface area contributed by atoms with Gasteiger partial charge in [0.05, 0.1) is 16.1 Å². The number of rotatable bonds is 4. The van der Waals surface area contributed by atoms with E-state index in [-0.39, 0.29) is 29.2 Å². The van der Waals surface area contributed by atoms with Gasteiger partial charge in [-0.3, -0.25) is 24.6 Å². The van der Waals surface area contributed by atoms with Crippen LogP contribution in [-0.2, 0) is 6.54 Å². The van der Waals surface area contributed by atoms with E-state index in [0.717, 1.165) is 16.5 Å². The van der Waals surface area contributed by atoms with Gasteiger partial charge in [0.1, 0.15) is 6.54 Å². The van der Waals surface area contributed by atoms with Gasteiger partial charge in [0.15, 0.2) is 0 Å². The summed E-state index contributed by atoms with van der Waals surface area (Å²) in [6.07, 6.45) is 0. The Morgan fingerprint density at radius 2 is 1.77 bits per heavy atom. The second kappa shape index (κ2) is 5.88. The largest absolute Gasteiger partial charge is 0.337 e. The van der Waals surface area contributed by atoms with Gasteiger partial charge in [0.25, 0.3) is 17.5 Å². The average molecular weight is 350 g/mol. The molecule has 3 aromatic rings. The van der Waals surface area contributed by atoms with Crippen molar-refractivity contribution >= 4 is 17.5 Å². The van der Waals surface area contributed by atoms with Crippen molar-refractivity contribution in [3.05, 3.63) is 75.7 Å². The van der Waals surface area contributed by atoms with Gasteiger partial charge in [-0.05, 0) is 6.07 Å². The van der Waals surface area contributed by atoms with Crippen LogP contribution in [0, 0.1) is 10.1 Å². The molecule has 4 rings (SSSR count). The fourth-order valence-corrected chi connectivity index (χ4v) is 2.69. The summed E-state index contributed by atoms with van der Waals surface area (Å²) in [4.78, 5) is 40.2. The first-order chi connectivity index (χ1) is 12.5. The molecule has 0 spiro atoms. The molecule has 0 N–H and O–H groups in total. The lowest BCUT2D eigenvalue weighted by Crippen LogP contribution is -2.29. The van der Waals surface area contributed by atoms with Crippen LogP contribution in [0.1, 0.15) is 26.6 Å². The van der Waals surface area contributed by atoms with Gasteiger partial charge in [-0.25, -0.2) is 0 Å². The van der Waals surface area contributed by atoms with Crippen LogP contribution in [0.25, 0.3) is 11.4 Å². The molecule has 2 aromatic carbocycles. The first-order valence-corrected chi connectivity index (χ1v) is 7.57. The monoisotopic (exact) mass is 350 g/mol. The molecule has 9 heteroatoms. The maximum Gasteiger partial charge on any atom is 0.270 e. The molecule has 0 saturated carbocycles. The average Bonchev–Trinajstić information content (AvgIpc) is 3.22. The number of nitrogens with zero attached hydrogens (tertiary/aromatic N) is 4. The number of benzene rings is 2. The minimum atomic E-state index is -0.631. The SMILES string of the molecule is O=C1c2ccc([N+](=O)[O-])cc2C(=O)N1Cc1nc(-c2ccccc2)no1. The first kappa shape index (κ1) is 15.6. The summed E-state index contributed by atoms with van der Waals surface area (Å²) in [6.45, 7) is -0.208. The second-order valence-electron chi connectivity index (χ2n) is 5.56. The molecule has 0 radical (unpaired) electrons. The van der Waals surface area contributed by atoms with E-state index in [1.807, 2.05) is 18.2 Å². The third kappa shape index (κ3) is 2.51. The number of nitro benzene ring substituents is 1. The fraction of sp³-hybridized carbons (Fsp3) is 0.0588. The number of hydrogen-bond donors (Lipinski definition) is 0. The van der Waals surface area contributed by atoms with Crippen molar-refractivity contribution in [1.29, 1.82) is 0 Å². The Balaban J connectivity index is 1.60. The molecular formula is C17H10N4O5. The predicted octanol–water partition coefficient (Wildman–Crippen LogP) is 2.44. The van der Waals surface area contributed by atoms with Crippen molar-refractivity contribution < 1.29 is 19.0 Å². The minimum Gasteiger partial charge on any atom is -0.337 e. The molecule has 1 aromatic heterocycles. The lowest BCUT2D eigenvalue weighted by atomic mass is 10.1. The zero-order valence-corrected chi connectivity index (χ0v) is 13.2. The molecule has 0 unspecified atom stereocenters. The van der Waals surface area contributed by atoms with Gasteiger partial charge in [0, 0.05) is 17.7 Å². The number of fused-ring (bicyclic) bond motifs is 1. The summed E-state index contributed by atoms with van der Waals surface area (Å²) in [6, 6.07) is 12.7. The molecule has 9 nitrogen and oxygen atoms in total. The Labute approximate surface area is 146 Å². The Kier molecular flexibility index (Phi) is 3.54. The molecule has 2 amide bonds. The highest BCUT2D eigenvalue weighted by Crippen LogP contribution is 2.28. The van der Waals surface area contributed by atoms with Crippen LogP contribution < -0.4 is 0 Å². The van der Waals surface area contributed by atoms with Gasteiger partial charge >= 0.3 is 0 Å². The molecular weight excluding hydrogens is 340 g/mol. The van der Waals surface area contributed by atoms with Gasteiger partial charge in [-0.1, -0.05) is 35.5 Å². The second-order valence-corrected chi connectivity index (χ2v) is 5.56. The van der Waals surface area contributed by atoms with Crippen molar-refractivity contribution in [3.8, 4) is 11.4 Å². The highest BCUT2D eigenvalue weighted by atomic mass is 16.6. The lowest BCUT2D eigenvalue weighted by Gasteiger charge is -2.09. The fourth-order valence-electron chi connectivity index (χ4n) is 2.69. The number of hydrogen-bond acceptors (Lipinski definition) is 7. The topological polar surface area (TPSA) is 119 Å². The molecule has 0 saturated heterocycles. The van der Waals surface area contributed by atoms with Gasteiger partial charge < -0.3 is 4.52 Å². The number of carbonyl (C=O) groups excluding carboxylic acids is 2. The van der Waals surface area contributed by atoms with Gasteiger partial charge in [-0.15, -0.1) is 0 Å². The van der Waals surface area contributed by atoms with Gasteiger partial charge in [0.2, 0.25) is 11.7 Å².